The molecule has 1 aromatic carbocycles. The van der Waals surface area contributed by atoms with Crippen LogP contribution in [-0.2, 0) is 9.53 Å². The molecule has 1 amide bonds. The lowest BCUT2D eigenvalue weighted by Gasteiger charge is -2.63. The Morgan fingerprint density at radius 3 is 2.79 bits per heavy atom. The molecule has 0 bridgehead atoms. The van der Waals surface area contributed by atoms with Gasteiger partial charge < -0.3 is 15.4 Å². The largest absolute Gasteiger partial charge is 0.381 e. The molecule has 3 aliphatic carbocycles. The van der Waals surface area contributed by atoms with E-state index in [9.17, 15) is 4.79 Å². The molecule has 128 valence electrons. The monoisotopic (exact) mass is 326 g/mol. The van der Waals surface area contributed by atoms with Crippen LogP contribution in [0.25, 0.3) is 0 Å². The molecule has 3 saturated carbocycles. The Morgan fingerprint density at radius 2 is 2.08 bits per heavy atom. The third kappa shape index (κ3) is 2.12. The summed E-state index contributed by atoms with van der Waals surface area (Å²) in [6.07, 6.45) is 7.67. The molecule has 1 aromatic rings. The Kier molecular flexibility index (Phi) is 3.21. The second-order valence-corrected chi connectivity index (χ2v) is 8.25. The summed E-state index contributed by atoms with van der Waals surface area (Å²) in [6.45, 7) is 3.06. The first kappa shape index (κ1) is 14.8. The number of benzene rings is 1. The van der Waals surface area contributed by atoms with Crippen molar-refractivity contribution in [3.05, 3.63) is 23.8 Å². The zero-order chi connectivity index (χ0) is 16.3. The fraction of sp³-hybridized carbons (Fsp3) is 0.650. The van der Waals surface area contributed by atoms with E-state index in [1.807, 2.05) is 6.07 Å². The molecule has 4 fully saturated rings. The molecule has 0 aromatic heterocycles. The Hall–Kier alpha value is -1.55. The van der Waals surface area contributed by atoms with E-state index in [2.05, 4.69) is 29.7 Å². The van der Waals surface area contributed by atoms with Crippen molar-refractivity contribution in [2.24, 2.45) is 17.3 Å². The minimum atomic E-state index is 0.174. The van der Waals surface area contributed by atoms with Crippen molar-refractivity contribution in [1.82, 2.24) is 0 Å². The number of ether oxygens (including phenoxy) is 1. The fourth-order valence-corrected chi connectivity index (χ4v) is 5.07. The second-order valence-electron chi connectivity index (χ2n) is 8.25. The third-order valence-corrected chi connectivity index (χ3v) is 6.80. The number of fused-ring (bicyclic) bond motifs is 2. The van der Waals surface area contributed by atoms with Crippen molar-refractivity contribution in [1.29, 1.82) is 0 Å². The van der Waals surface area contributed by atoms with Gasteiger partial charge in [-0.15, -0.1) is 0 Å². The van der Waals surface area contributed by atoms with Crippen molar-refractivity contribution in [2.75, 3.05) is 17.2 Å². The number of hydrogen-bond donors (Lipinski definition) is 2. The van der Waals surface area contributed by atoms with E-state index in [0.717, 1.165) is 25.1 Å². The van der Waals surface area contributed by atoms with Crippen LogP contribution in [-0.4, -0.2) is 24.7 Å². The van der Waals surface area contributed by atoms with E-state index in [-0.39, 0.29) is 11.8 Å². The normalized spacial score (nSPS) is 32.6. The van der Waals surface area contributed by atoms with Crippen LogP contribution in [0.5, 0.6) is 0 Å². The predicted molar refractivity (Wildman–Crippen MR) is 94.1 cm³/mol. The second kappa shape index (κ2) is 5.22. The smallest absolute Gasteiger partial charge is 0.227 e. The van der Waals surface area contributed by atoms with Gasteiger partial charge in [-0.05, 0) is 56.7 Å². The van der Waals surface area contributed by atoms with Crippen molar-refractivity contribution in [3.63, 3.8) is 0 Å². The number of carbonyl (C=O) groups excluding carboxylic acids is 1. The molecular formula is C20H26N2O2. The number of carbonyl (C=O) groups is 1. The molecule has 1 heterocycles. The highest BCUT2D eigenvalue weighted by Crippen LogP contribution is 2.63. The Balaban J connectivity index is 1.35. The third-order valence-electron chi connectivity index (χ3n) is 6.80. The van der Waals surface area contributed by atoms with Crippen molar-refractivity contribution < 1.29 is 9.53 Å². The maximum atomic E-state index is 12.0. The molecule has 4 nitrogen and oxygen atoms in total. The molecule has 5 rings (SSSR count). The molecule has 3 atom stereocenters. The van der Waals surface area contributed by atoms with Gasteiger partial charge in [0.25, 0.3) is 0 Å². The summed E-state index contributed by atoms with van der Waals surface area (Å²) in [5.74, 6) is 1.08. The first-order valence-electron chi connectivity index (χ1n) is 9.47. The molecule has 2 N–H and O–H groups in total. The van der Waals surface area contributed by atoms with Crippen LogP contribution in [0.15, 0.2) is 18.2 Å². The molecule has 0 radical (unpaired) electrons. The summed E-state index contributed by atoms with van der Waals surface area (Å²) in [4.78, 5) is 12.0. The highest BCUT2D eigenvalue weighted by Gasteiger charge is 2.66. The molecule has 1 saturated heterocycles. The Labute approximate surface area is 143 Å². The van der Waals surface area contributed by atoms with Gasteiger partial charge >= 0.3 is 0 Å². The molecule has 4 heteroatoms. The Bertz CT molecular complexity index is 678. The topological polar surface area (TPSA) is 50.4 Å². The highest BCUT2D eigenvalue weighted by molar-refractivity contribution is 5.94. The average molecular weight is 326 g/mol. The van der Waals surface area contributed by atoms with Crippen LogP contribution < -0.4 is 10.6 Å². The number of hydrogen-bond acceptors (Lipinski definition) is 3. The summed E-state index contributed by atoms with van der Waals surface area (Å²) < 4.78 is 6.02. The zero-order valence-corrected chi connectivity index (χ0v) is 14.3. The number of amides is 1. The average Bonchev–Trinajstić information content (AvgIpc) is 3.28. The van der Waals surface area contributed by atoms with E-state index >= 15 is 0 Å². The summed E-state index contributed by atoms with van der Waals surface area (Å²) in [5.41, 5.74) is 3.71. The number of rotatable bonds is 4. The van der Waals surface area contributed by atoms with Gasteiger partial charge in [-0.25, -0.2) is 0 Å². The first-order chi connectivity index (χ1) is 11.7. The van der Waals surface area contributed by atoms with Crippen LogP contribution >= 0.6 is 0 Å². The summed E-state index contributed by atoms with van der Waals surface area (Å²) in [6, 6.07) is 6.78. The van der Waals surface area contributed by atoms with Gasteiger partial charge in [0.05, 0.1) is 6.10 Å². The van der Waals surface area contributed by atoms with Crippen LogP contribution in [0.3, 0.4) is 0 Å². The molecule has 24 heavy (non-hydrogen) atoms. The maximum Gasteiger partial charge on any atom is 0.227 e. The quantitative estimate of drug-likeness (QED) is 0.887. The maximum absolute atomic E-state index is 12.0. The molecule has 4 aliphatic rings. The predicted octanol–water partition coefficient (Wildman–Crippen LogP) is 3.71. The van der Waals surface area contributed by atoms with E-state index < -0.39 is 0 Å². The molecule has 1 aliphatic heterocycles. The highest BCUT2D eigenvalue weighted by atomic mass is 16.5. The minimum absolute atomic E-state index is 0.174. The van der Waals surface area contributed by atoms with Crippen LogP contribution in [0.1, 0.15) is 44.1 Å². The van der Waals surface area contributed by atoms with E-state index in [1.54, 1.807) is 0 Å². The van der Waals surface area contributed by atoms with Gasteiger partial charge in [0.1, 0.15) is 0 Å². The van der Waals surface area contributed by atoms with E-state index in [0.29, 0.717) is 23.5 Å². The summed E-state index contributed by atoms with van der Waals surface area (Å²) in [7, 11) is 0. The van der Waals surface area contributed by atoms with Crippen LogP contribution in [0.4, 0.5) is 11.4 Å². The van der Waals surface area contributed by atoms with Crippen molar-refractivity contribution in [2.45, 2.75) is 57.6 Å². The number of aryl methyl sites for hydroxylation is 1. The summed E-state index contributed by atoms with van der Waals surface area (Å²) in [5, 5.41) is 6.91. The van der Waals surface area contributed by atoms with Crippen LogP contribution in [0, 0.1) is 24.2 Å². The van der Waals surface area contributed by atoms with Crippen LogP contribution in [0.2, 0.25) is 0 Å². The van der Waals surface area contributed by atoms with Gasteiger partial charge in [-0.3, -0.25) is 4.79 Å². The van der Waals surface area contributed by atoms with E-state index in [1.165, 1.54) is 36.9 Å². The van der Waals surface area contributed by atoms with Gasteiger partial charge in [-0.2, -0.15) is 0 Å². The van der Waals surface area contributed by atoms with Crippen molar-refractivity contribution >= 4 is 17.3 Å². The lowest BCUT2D eigenvalue weighted by Crippen LogP contribution is -2.68. The molecular weight excluding hydrogens is 300 g/mol. The van der Waals surface area contributed by atoms with Gasteiger partial charge in [0.15, 0.2) is 0 Å². The first-order valence-corrected chi connectivity index (χ1v) is 9.47. The zero-order valence-electron chi connectivity index (χ0n) is 14.3. The molecule has 0 unspecified atom stereocenters. The number of nitrogens with one attached hydrogen (secondary N) is 2. The van der Waals surface area contributed by atoms with Gasteiger partial charge in [0.2, 0.25) is 5.91 Å². The van der Waals surface area contributed by atoms with Gasteiger partial charge in [0, 0.05) is 41.3 Å². The number of anilines is 2. The van der Waals surface area contributed by atoms with Gasteiger partial charge in [-0.1, -0.05) is 12.5 Å². The van der Waals surface area contributed by atoms with Crippen molar-refractivity contribution in [3.8, 4) is 0 Å². The Morgan fingerprint density at radius 1 is 1.25 bits per heavy atom. The lowest BCUT2D eigenvalue weighted by molar-refractivity contribution is -0.158. The fourth-order valence-electron chi connectivity index (χ4n) is 5.07. The standard InChI is InChI=1S/C20H26N2O2/c1-12-3-6-14(21-19(23)13-4-5-13)11-16(12)22-17-15-7-10-24-18(15)20(17)8-2-9-20/h3,6,11,13,15,17-18,22H,2,4-5,7-10H2,1H3,(H,21,23)/t15-,17+,18+/m0/s1. The lowest BCUT2D eigenvalue weighted by atomic mass is 9.46. The molecule has 1 spiro atoms. The summed E-state index contributed by atoms with van der Waals surface area (Å²) >= 11 is 0. The van der Waals surface area contributed by atoms with E-state index in [4.69, 9.17) is 4.74 Å². The SMILES string of the molecule is Cc1ccc(NC(=O)C2CC2)cc1N[C@@H]1[C@@H]2CCO[C@H]2C12CCC2. The minimum Gasteiger partial charge on any atom is -0.381 e.